The average Bonchev–Trinajstić information content (AvgIpc) is 2.31. The quantitative estimate of drug-likeness (QED) is 0.687. The molecule has 2 unspecified atom stereocenters. The van der Waals surface area contributed by atoms with Gasteiger partial charge in [0.2, 0.25) is 5.91 Å². The first-order chi connectivity index (χ1) is 7.95. The fourth-order valence-electron chi connectivity index (χ4n) is 2.16. The van der Waals surface area contributed by atoms with E-state index in [0.29, 0.717) is 12.5 Å². The lowest BCUT2D eigenvalue weighted by Gasteiger charge is -2.30. The van der Waals surface area contributed by atoms with Crippen LogP contribution in [0.2, 0.25) is 0 Å². The molecule has 0 aliphatic carbocycles. The summed E-state index contributed by atoms with van der Waals surface area (Å²) < 4.78 is 0. The number of nitrogens with two attached hydrogens (primary N) is 1. The molecule has 0 rings (SSSR count). The van der Waals surface area contributed by atoms with E-state index in [0.717, 1.165) is 25.7 Å². The molecule has 0 bridgehead atoms. The molecule has 0 aromatic heterocycles. The first-order valence-corrected chi connectivity index (χ1v) is 6.96. The van der Waals surface area contributed by atoms with Crippen LogP contribution in [0.1, 0.15) is 60.3 Å². The maximum absolute atomic E-state index is 12.2. The Morgan fingerprint density at radius 2 is 1.76 bits per heavy atom. The zero-order valence-corrected chi connectivity index (χ0v) is 12.2. The maximum atomic E-state index is 12.2. The molecular formula is C14H30N2O. The molecule has 0 aromatic rings. The largest absolute Gasteiger partial charge is 0.353 e. The van der Waals surface area contributed by atoms with Gasteiger partial charge in [0.25, 0.3) is 0 Å². The number of rotatable bonds is 8. The van der Waals surface area contributed by atoms with E-state index < -0.39 is 0 Å². The Morgan fingerprint density at radius 3 is 2.12 bits per heavy atom. The Hall–Kier alpha value is -0.570. The monoisotopic (exact) mass is 242 g/mol. The summed E-state index contributed by atoms with van der Waals surface area (Å²) in [5, 5.41) is 3.12. The highest BCUT2D eigenvalue weighted by Crippen LogP contribution is 2.25. The molecule has 102 valence electrons. The highest BCUT2D eigenvalue weighted by atomic mass is 16.2. The van der Waals surface area contributed by atoms with Gasteiger partial charge in [0.05, 0.1) is 5.41 Å². The third-order valence-electron chi connectivity index (χ3n) is 4.06. The van der Waals surface area contributed by atoms with E-state index in [9.17, 15) is 4.79 Å². The van der Waals surface area contributed by atoms with Crippen molar-refractivity contribution >= 4 is 5.91 Å². The summed E-state index contributed by atoms with van der Waals surface area (Å²) in [6.45, 7) is 11.0. The van der Waals surface area contributed by atoms with Gasteiger partial charge in [-0.25, -0.2) is 0 Å². The van der Waals surface area contributed by atoms with Gasteiger partial charge in [-0.15, -0.1) is 0 Å². The van der Waals surface area contributed by atoms with E-state index in [-0.39, 0.29) is 17.4 Å². The predicted molar refractivity (Wildman–Crippen MR) is 73.7 cm³/mol. The standard InChI is InChI=1S/C14H30N2O/c1-6-11(4)9-12(5)16-13(17)14(7-2,8-3)10-15/h11-12H,6-10,15H2,1-5H3,(H,16,17). The third kappa shape index (κ3) is 4.66. The van der Waals surface area contributed by atoms with Crippen molar-refractivity contribution in [3.05, 3.63) is 0 Å². The number of amides is 1. The number of hydrogen-bond donors (Lipinski definition) is 2. The molecule has 0 aliphatic rings. The van der Waals surface area contributed by atoms with Crippen molar-refractivity contribution in [3.8, 4) is 0 Å². The molecule has 0 fully saturated rings. The molecule has 0 saturated heterocycles. The molecule has 0 spiro atoms. The van der Waals surface area contributed by atoms with Gasteiger partial charge in [-0.2, -0.15) is 0 Å². The van der Waals surface area contributed by atoms with E-state index in [2.05, 4.69) is 26.1 Å². The van der Waals surface area contributed by atoms with Crippen molar-refractivity contribution < 1.29 is 4.79 Å². The van der Waals surface area contributed by atoms with E-state index in [1.54, 1.807) is 0 Å². The zero-order chi connectivity index (χ0) is 13.5. The first kappa shape index (κ1) is 16.4. The molecule has 0 saturated carbocycles. The molecule has 0 heterocycles. The summed E-state index contributed by atoms with van der Waals surface area (Å²) in [4.78, 5) is 12.2. The number of carbonyl (C=O) groups excluding carboxylic acids is 1. The van der Waals surface area contributed by atoms with E-state index in [1.807, 2.05) is 13.8 Å². The van der Waals surface area contributed by atoms with Crippen molar-refractivity contribution in [1.29, 1.82) is 0 Å². The minimum atomic E-state index is -0.371. The Morgan fingerprint density at radius 1 is 1.24 bits per heavy atom. The third-order valence-corrected chi connectivity index (χ3v) is 4.06. The van der Waals surface area contributed by atoms with Crippen molar-refractivity contribution in [1.82, 2.24) is 5.32 Å². The van der Waals surface area contributed by atoms with Crippen LogP contribution in [0.25, 0.3) is 0 Å². The predicted octanol–water partition coefficient (Wildman–Crippen LogP) is 2.69. The number of nitrogens with one attached hydrogen (secondary N) is 1. The van der Waals surface area contributed by atoms with Gasteiger partial charge in [-0.05, 0) is 32.1 Å². The van der Waals surface area contributed by atoms with Crippen LogP contribution in [0.5, 0.6) is 0 Å². The number of hydrogen-bond acceptors (Lipinski definition) is 2. The lowest BCUT2D eigenvalue weighted by atomic mass is 9.81. The van der Waals surface area contributed by atoms with Gasteiger partial charge in [-0.1, -0.05) is 34.1 Å². The van der Waals surface area contributed by atoms with Crippen molar-refractivity contribution in [2.24, 2.45) is 17.1 Å². The molecule has 0 aromatic carbocycles. The van der Waals surface area contributed by atoms with Crippen molar-refractivity contribution in [3.63, 3.8) is 0 Å². The van der Waals surface area contributed by atoms with Crippen LogP contribution in [0.15, 0.2) is 0 Å². The molecule has 17 heavy (non-hydrogen) atoms. The Kier molecular flexibility index (Phi) is 7.44. The lowest BCUT2D eigenvalue weighted by Crippen LogP contribution is -2.48. The van der Waals surface area contributed by atoms with Gasteiger partial charge < -0.3 is 11.1 Å². The van der Waals surface area contributed by atoms with Crippen molar-refractivity contribution in [2.75, 3.05) is 6.54 Å². The normalized spacial score (nSPS) is 15.4. The highest BCUT2D eigenvalue weighted by Gasteiger charge is 2.33. The second-order valence-corrected chi connectivity index (χ2v) is 5.32. The van der Waals surface area contributed by atoms with Crippen molar-refractivity contribution in [2.45, 2.75) is 66.3 Å². The first-order valence-electron chi connectivity index (χ1n) is 6.96. The summed E-state index contributed by atoms with van der Waals surface area (Å²) in [6, 6.07) is 0.237. The minimum Gasteiger partial charge on any atom is -0.353 e. The van der Waals surface area contributed by atoms with Gasteiger partial charge in [0.1, 0.15) is 0 Å². The second kappa shape index (κ2) is 7.70. The summed E-state index contributed by atoms with van der Waals surface area (Å²) in [6.07, 6.45) is 3.81. The molecule has 2 atom stereocenters. The minimum absolute atomic E-state index is 0.126. The van der Waals surface area contributed by atoms with E-state index in [1.165, 1.54) is 0 Å². The molecule has 3 heteroatoms. The zero-order valence-electron chi connectivity index (χ0n) is 12.2. The van der Waals surface area contributed by atoms with Crippen LogP contribution in [0.4, 0.5) is 0 Å². The van der Waals surface area contributed by atoms with Crippen LogP contribution in [0.3, 0.4) is 0 Å². The van der Waals surface area contributed by atoms with Gasteiger partial charge in [-0.3, -0.25) is 4.79 Å². The van der Waals surface area contributed by atoms with Crippen LogP contribution >= 0.6 is 0 Å². The maximum Gasteiger partial charge on any atom is 0.227 e. The molecule has 0 aliphatic heterocycles. The Bertz CT molecular complexity index is 216. The fourth-order valence-corrected chi connectivity index (χ4v) is 2.16. The summed E-state index contributed by atoms with van der Waals surface area (Å²) in [7, 11) is 0. The average molecular weight is 242 g/mol. The lowest BCUT2D eigenvalue weighted by molar-refractivity contribution is -0.131. The SMILES string of the molecule is CCC(C)CC(C)NC(=O)C(CC)(CC)CN. The molecule has 0 radical (unpaired) electrons. The topological polar surface area (TPSA) is 55.1 Å². The Labute approximate surface area is 107 Å². The summed E-state index contributed by atoms with van der Waals surface area (Å²) >= 11 is 0. The number of carbonyl (C=O) groups is 1. The summed E-state index contributed by atoms with van der Waals surface area (Å²) in [5.74, 6) is 0.779. The molecule has 1 amide bonds. The van der Waals surface area contributed by atoms with Crippen LogP contribution in [0, 0.1) is 11.3 Å². The highest BCUT2D eigenvalue weighted by molar-refractivity contribution is 5.83. The molecule has 3 nitrogen and oxygen atoms in total. The Balaban J connectivity index is 4.41. The van der Waals surface area contributed by atoms with Gasteiger partial charge in [0.15, 0.2) is 0 Å². The van der Waals surface area contributed by atoms with Gasteiger partial charge >= 0.3 is 0 Å². The van der Waals surface area contributed by atoms with Crippen LogP contribution < -0.4 is 11.1 Å². The molecular weight excluding hydrogens is 212 g/mol. The van der Waals surface area contributed by atoms with Crippen LogP contribution in [-0.2, 0) is 4.79 Å². The summed E-state index contributed by atoms with van der Waals surface area (Å²) in [5.41, 5.74) is 5.40. The van der Waals surface area contributed by atoms with Crippen LogP contribution in [-0.4, -0.2) is 18.5 Å². The molecule has 3 N–H and O–H groups in total. The smallest absolute Gasteiger partial charge is 0.227 e. The fraction of sp³-hybridized carbons (Fsp3) is 0.929. The second-order valence-electron chi connectivity index (χ2n) is 5.32. The van der Waals surface area contributed by atoms with E-state index >= 15 is 0 Å². The van der Waals surface area contributed by atoms with E-state index in [4.69, 9.17) is 5.73 Å². The van der Waals surface area contributed by atoms with Gasteiger partial charge in [0, 0.05) is 12.6 Å².